The summed E-state index contributed by atoms with van der Waals surface area (Å²) in [6.07, 6.45) is 1.36. The first-order valence-corrected chi connectivity index (χ1v) is 10.1. The van der Waals surface area contributed by atoms with Crippen LogP contribution < -0.4 is 16.0 Å². The second-order valence-corrected chi connectivity index (χ2v) is 7.57. The summed E-state index contributed by atoms with van der Waals surface area (Å²) in [4.78, 5) is 32.2. The van der Waals surface area contributed by atoms with Crippen molar-refractivity contribution in [2.75, 3.05) is 11.9 Å². The lowest BCUT2D eigenvalue weighted by Gasteiger charge is -2.12. The Kier molecular flexibility index (Phi) is 6.09. The first-order chi connectivity index (χ1) is 15.4. The number of hydrogen-bond acceptors (Lipinski definition) is 6. The predicted molar refractivity (Wildman–Crippen MR) is 116 cm³/mol. The summed E-state index contributed by atoms with van der Waals surface area (Å²) < 4.78 is 13.4. The lowest BCUT2D eigenvalue weighted by molar-refractivity contribution is 0.0696. The number of carboxylic acids is 1. The van der Waals surface area contributed by atoms with Crippen LogP contribution in [0.15, 0.2) is 48.8 Å². The summed E-state index contributed by atoms with van der Waals surface area (Å²) >= 11 is 0. The van der Waals surface area contributed by atoms with Crippen molar-refractivity contribution >= 4 is 17.6 Å². The fourth-order valence-electron chi connectivity index (χ4n) is 3.57. The largest absolute Gasteiger partial charge is 0.478 e. The summed E-state index contributed by atoms with van der Waals surface area (Å²) in [5.74, 6) is -1.59. The highest BCUT2D eigenvalue weighted by Gasteiger charge is 2.28. The van der Waals surface area contributed by atoms with Gasteiger partial charge in [0.15, 0.2) is 5.69 Å². The van der Waals surface area contributed by atoms with Gasteiger partial charge in [-0.3, -0.25) is 4.79 Å². The zero-order valence-corrected chi connectivity index (χ0v) is 17.4. The van der Waals surface area contributed by atoms with Crippen LogP contribution in [0.4, 0.5) is 10.1 Å². The third kappa shape index (κ3) is 4.57. The molecule has 0 fully saturated rings. The van der Waals surface area contributed by atoms with Crippen LogP contribution in [0.1, 0.15) is 49.3 Å². The van der Waals surface area contributed by atoms with Crippen molar-refractivity contribution in [1.29, 1.82) is 0 Å². The maximum atomic E-state index is 13.4. The molecule has 1 unspecified atom stereocenters. The van der Waals surface area contributed by atoms with Crippen LogP contribution in [-0.4, -0.2) is 33.5 Å². The first-order valence-electron chi connectivity index (χ1n) is 10.1. The van der Waals surface area contributed by atoms with Gasteiger partial charge in [0.05, 0.1) is 23.0 Å². The van der Waals surface area contributed by atoms with E-state index in [1.54, 1.807) is 43.3 Å². The Balaban J connectivity index is 1.41. The van der Waals surface area contributed by atoms with Crippen LogP contribution >= 0.6 is 0 Å². The van der Waals surface area contributed by atoms with Crippen LogP contribution in [-0.2, 0) is 13.1 Å². The van der Waals surface area contributed by atoms with Crippen molar-refractivity contribution in [3.63, 3.8) is 0 Å². The SMILES string of the molecule is Cc1cc(CNC(=O)c2ncnc3c2NCC3NCc2ccc(C(=O)O)cc2)ccc1F. The minimum atomic E-state index is -0.963. The zero-order chi connectivity index (χ0) is 22.7. The Morgan fingerprint density at radius 2 is 1.88 bits per heavy atom. The molecule has 3 aromatic rings. The fourth-order valence-corrected chi connectivity index (χ4v) is 3.57. The van der Waals surface area contributed by atoms with E-state index in [9.17, 15) is 14.0 Å². The summed E-state index contributed by atoms with van der Waals surface area (Å²) in [5, 5.41) is 18.4. The van der Waals surface area contributed by atoms with E-state index in [1.165, 1.54) is 12.4 Å². The number of fused-ring (bicyclic) bond motifs is 1. The third-order valence-corrected chi connectivity index (χ3v) is 5.33. The number of nitrogens with zero attached hydrogens (tertiary/aromatic N) is 2. The normalized spacial score (nSPS) is 14.5. The van der Waals surface area contributed by atoms with E-state index in [1.807, 2.05) is 0 Å². The second kappa shape index (κ2) is 9.11. The molecule has 1 amide bonds. The number of aromatic carboxylic acids is 1. The number of halogens is 1. The van der Waals surface area contributed by atoms with Crippen LogP contribution in [0.25, 0.3) is 0 Å². The quantitative estimate of drug-likeness (QED) is 0.451. The molecule has 4 N–H and O–H groups in total. The summed E-state index contributed by atoms with van der Waals surface area (Å²) in [6.45, 7) is 2.99. The standard InChI is InChI=1S/C23H22FN5O3/c1-13-8-15(4-7-17(13)24)10-27-22(30)21-20-19(28-12-29-21)18(11-26-20)25-9-14-2-5-16(6-3-14)23(31)32/h2-8,12,18,25-26H,9-11H2,1H3,(H,27,30)(H,31,32). The topological polar surface area (TPSA) is 116 Å². The van der Waals surface area contributed by atoms with E-state index in [0.717, 1.165) is 11.1 Å². The number of hydrogen-bond donors (Lipinski definition) is 4. The summed E-state index contributed by atoms with van der Waals surface area (Å²) in [7, 11) is 0. The Labute approximate surface area is 183 Å². The van der Waals surface area contributed by atoms with Gasteiger partial charge in [-0.15, -0.1) is 0 Å². The van der Waals surface area contributed by atoms with E-state index in [0.29, 0.717) is 30.0 Å². The number of aromatic nitrogens is 2. The van der Waals surface area contributed by atoms with Gasteiger partial charge < -0.3 is 21.1 Å². The Bertz CT molecular complexity index is 1170. The number of benzene rings is 2. The van der Waals surface area contributed by atoms with Gasteiger partial charge >= 0.3 is 5.97 Å². The van der Waals surface area contributed by atoms with Crippen molar-refractivity contribution in [3.8, 4) is 0 Å². The van der Waals surface area contributed by atoms with Crippen molar-refractivity contribution in [2.45, 2.75) is 26.1 Å². The molecule has 1 atom stereocenters. The van der Waals surface area contributed by atoms with Crippen molar-refractivity contribution in [2.24, 2.45) is 0 Å². The molecule has 1 aliphatic rings. The number of nitrogens with one attached hydrogen (secondary N) is 3. The van der Waals surface area contributed by atoms with Gasteiger partial charge in [-0.2, -0.15) is 0 Å². The lowest BCUT2D eigenvalue weighted by Crippen LogP contribution is -2.25. The maximum Gasteiger partial charge on any atom is 0.335 e. The number of carbonyl (C=O) groups excluding carboxylic acids is 1. The molecule has 0 aliphatic carbocycles. The maximum absolute atomic E-state index is 13.4. The van der Waals surface area contributed by atoms with Gasteiger partial charge in [0.2, 0.25) is 0 Å². The van der Waals surface area contributed by atoms with E-state index < -0.39 is 5.97 Å². The van der Waals surface area contributed by atoms with E-state index in [-0.39, 0.29) is 35.6 Å². The molecule has 1 aromatic heterocycles. The average Bonchev–Trinajstić information content (AvgIpc) is 3.21. The molecule has 0 spiro atoms. The van der Waals surface area contributed by atoms with Crippen LogP contribution in [0, 0.1) is 12.7 Å². The molecule has 2 heterocycles. The molecular formula is C23H22FN5O3. The first kappa shape index (κ1) is 21.4. The molecule has 0 saturated carbocycles. The van der Waals surface area contributed by atoms with E-state index in [4.69, 9.17) is 5.11 Å². The highest BCUT2D eigenvalue weighted by Crippen LogP contribution is 2.30. The number of amides is 1. The van der Waals surface area contributed by atoms with Crippen LogP contribution in [0.2, 0.25) is 0 Å². The van der Waals surface area contributed by atoms with Crippen LogP contribution in [0.5, 0.6) is 0 Å². The van der Waals surface area contributed by atoms with Gasteiger partial charge in [-0.1, -0.05) is 24.3 Å². The minimum absolute atomic E-state index is 0.126. The van der Waals surface area contributed by atoms with Gasteiger partial charge in [-0.05, 0) is 41.8 Å². The predicted octanol–water partition coefficient (Wildman–Crippen LogP) is 2.81. The average molecular weight is 435 g/mol. The summed E-state index contributed by atoms with van der Waals surface area (Å²) in [5.41, 5.74) is 4.02. The van der Waals surface area contributed by atoms with E-state index in [2.05, 4.69) is 25.9 Å². The Morgan fingerprint density at radius 1 is 1.12 bits per heavy atom. The van der Waals surface area contributed by atoms with Crippen molar-refractivity contribution in [3.05, 3.63) is 88.3 Å². The molecule has 0 radical (unpaired) electrons. The molecule has 8 nitrogen and oxygen atoms in total. The highest BCUT2D eigenvalue weighted by molar-refractivity contribution is 5.98. The molecule has 164 valence electrons. The second-order valence-electron chi connectivity index (χ2n) is 7.57. The Morgan fingerprint density at radius 3 is 2.59 bits per heavy atom. The molecule has 4 rings (SSSR count). The summed E-state index contributed by atoms with van der Waals surface area (Å²) in [6, 6.07) is 11.2. The number of rotatable bonds is 7. The van der Waals surface area contributed by atoms with E-state index >= 15 is 0 Å². The fraction of sp³-hybridized carbons (Fsp3) is 0.217. The number of carboxylic acid groups (broad SMARTS) is 1. The smallest absolute Gasteiger partial charge is 0.335 e. The van der Waals surface area contributed by atoms with Crippen molar-refractivity contribution in [1.82, 2.24) is 20.6 Å². The molecule has 1 aliphatic heterocycles. The van der Waals surface area contributed by atoms with Gasteiger partial charge in [0, 0.05) is 19.6 Å². The molecule has 0 bridgehead atoms. The Hall–Kier alpha value is -3.85. The van der Waals surface area contributed by atoms with Gasteiger partial charge in [0.1, 0.15) is 12.1 Å². The molecule has 2 aromatic carbocycles. The molecule has 32 heavy (non-hydrogen) atoms. The van der Waals surface area contributed by atoms with Crippen molar-refractivity contribution < 1.29 is 19.1 Å². The molecule has 9 heteroatoms. The molecule has 0 saturated heterocycles. The zero-order valence-electron chi connectivity index (χ0n) is 17.4. The van der Waals surface area contributed by atoms with Gasteiger partial charge in [-0.25, -0.2) is 19.2 Å². The monoisotopic (exact) mass is 435 g/mol. The minimum Gasteiger partial charge on any atom is -0.478 e. The number of anilines is 1. The highest BCUT2D eigenvalue weighted by atomic mass is 19.1. The number of carbonyl (C=O) groups is 2. The lowest BCUT2D eigenvalue weighted by atomic mass is 10.1. The third-order valence-electron chi connectivity index (χ3n) is 5.33. The number of aryl methyl sites for hydroxylation is 1. The molecular weight excluding hydrogens is 413 g/mol. The van der Waals surface area contributed by atoms with Gasteiger partial charge in [0.25, 0.3) is 5.91 Å². The van der Waals surface area contributed by atoms with Crippen LogP contribution in [0.3, 0.4) is 0 Å².